The predicted octanol–water partition coefficient (Wildman–Crippen LogP) is 1.04. The summed E-state index contributed by atoms with van der Waals surface area (Å²) in [6.07, 6.45) is 4.34. The first-order chi connectivity index (χ1) is 13.0. The molecule has 8 heteroatoms. The summed E-state index contributed by atoms with van der Waals surface area (Å²) in [5, 5.41) is 2.62. The smallest absolute Gasteiger partial charge is 0.414 e. The number of piperazine rings is 1. The van der Waals surface area contributed by atoms with Gasteiger partial charge in [0.05, 0.1) is 31.0 Å². The third-order valence-corrected chi connectivity index (χ3v) is 4.72. The molecule has 2 heterocycles. The van der Waals surface area contributed by atoms with E-state index < -0.39 is 12.2 Å². The second-order valence-electron chi connectivity index (χ2n) is 6.66. The number of terminal acetylenes is 1. The summed E-state index contributed by atoms with van der Waals surface area (Å²) >= 11 is 0. The summed E-state index contributed by atoms with van der Waals surface area (Å²) in [6.45, 7) is 5.47. The first-order valence-corrected chi connectivity index (χ1v) is 8.91. The van der Waals surface area contributed by atoms with Gasteiger partial charge < -0.3 is 15.0 Å². The third-order valence-electron chi connectivity index (χ3n) is 4.72. The van der Waals surface area contributed by atoms with Gasteiger partial charge in [-0.25, -0.2) is 9.18 Å². The molecule has 2 aliphatic heterocycles. The van der Waals surface area contributed by atoms with Gasteiger partial charge in [0.2, 0.25) is 5.91 Å². The predicted molar refractivity (Wildman–Crippen MR) is 100 cm³/mol. The lowest BCUT2D eigenvalue weighted by Gasteiger charge is -2.35. The minimum absolute atomic E-state index is 0.192. The van der Waals surface area contributed by atoms with Gasteiger partial charge in [-0.15, -0.1) is 6.42 Å². The maximum atomic E-state index is 14.7. The molecular formula is C19H23FN4O3. The summed E-state index contributed by atoms with van der Waals surface area (Å²) in [5.41, 5.74) is 0.957. The molecule has 1 atom stereocenters. The monoisotopic (exact) mass is 374 g/mol. The normalized spacial score (nSPS) is 20.3. The summed E-state index contributed by atoms with van der Waals surface area (Å²) in [6, 6.07) is 4.76. The number of amides is 2. The van der Waals surface area contributed by atoms with Crippen molar-refractivity contribution < 1.29 is 18.7 Å². The van der Waals surface area contributed by atoms with Crippen molar-refractivity contribution in [2.75, 3.05) is 55.6 Å². The van der Waals surface area contributed by atoms with Gasteiger partial charge in [-0.2, -0.15) is 0 Å². The van der Waals surface area contributed by atoms with Crippen LogP contribution >= 0.6 is 0 Å². The molecular weight excluding hydrogens is 351 g/mol. The van der Waals surface area contributed by atoms with Crippen molar-refractivity contribution in [3.8, 4) is 12.3 Å². The molecule has 7 nitrogen and oxygen atoms in total. The fraction of sp³-hybridized carbons (Fsp3) is 0.474. The van der Waals surface area contributed by atoms with Crippen molar-refractivity contribution >= 4 is 23.4 Å². The number of carbonyl (C=O) groups is 2. The Morgan fingerprint density at radius 3 is 2.74 bits per heavy atom. The van der Waals surface area contributed by atoms with E-state index in [1.54, 1.807) is 12.1 Å². The molecule has 27 heavy (non-hydrogen) atoms. The Bertz CT molecular complexity index is 756. The first kappa shape index (κ1) is 19.0. The maximum absolute atomic E-state index is 14.7. The van der Waals surface area contributed by atoms with Crippen LogP contribution in [0.25, 0.3) is 0 Å². The number of nitrogens with one attached hydrogen (secondary N) is 1. The number of nitrogens with zero attached hydrogens (tertiary/aromatic N) is 3. The highest BCUT2D eigenvalue weighted by Crippen LogP contribution is 2.28. The number of rotatable bonds is 5. The Morgan fingerprint density at radius 2 is 2.11 bits per heavy atom. The molecule has 1 N–H and O–H groups in total. The molecule has 2 fully saturated rings. The van der Waals surface area contributed by atoms with Crippen LogP contribution in [0.15, 0.2) is 18.2 Å². The van der Waals surface area contributed by atoms with E-state index in [4.69, 9.17) is 11.2 Å². The van der Waals surface area contributed by atoms with Crippen LogP contribution in [0.4, 0.5) is 20.6 Å². The molecule has 0 spiro atoms. The second kappa shape index (κ2) is 8.27. The fourth-order valence-corrected chi connectivity index (χ4v) is 3.29. The molecule has 2 amide bonds. The van der Waals surface area contributed by atoms with Crippen LogP contribution in [-0.4, -0.2) is 68.8 Å². The van der Waals surface area contributed by atoms with Crippen LogP contribution in [0.3, 0.4) is 0 Å². The van der Waals surface area contributed by atoms with Crippen molar-refractivity contribution in [3.05, 3.63) is 24.0 Å². The molecule has 0 aromatic heterocycles. The average Bonchev–Trinajstić information content (AvgIpc) is 3.02. The number of carbonyl (C=O) groups excluding carboxylic acids is 2. The number of hydrogen-bond donors (Lipinski definition) is 1. The van der Waals surface area contributed by atoms with Crippen LogP contribution < -0.4 is 15.1 Å². The van der Waals surface area contributed by atoms with Crippen LogP contribution in [0.5, 0.6) is 0 Å². The fourth-order valence-electron chi connectivity index (χ4n) is 3.29. The highest BCUT2D eigenvalue weighted by Gasteiger charge is 2.33. The van der Waals surface area contributed by atoms with Gasteiger partial charge in [-0.3, -0.25) is 14.6 Å². The van der Waals surface area contributed by atoms with Gasteiger partial charge in [0.15, 0.2) is 0 Å². The third kappa shape index (κ3) is 4.49. The number of ether oxygens (including phenoxy) is 1. The molecule has 0 aliphatic carbocycles. The van der Waals surface area contributed by atoms with Gasteiger partial charge >= 0.3 is 6.09 Å². The lowest BCUT2D eigenvalue weighted by molar-refractivity contribution is -0.119. The average molecular weight is 374 g/mol. The number of cyclic esters (lactones) is 1. The molecule has 0 bridgehead atoms. The van der Waals surface area contributed by atoms with Crippen LogP contribution in [0.2, 0.25) is 0 Å². The number of anilines is 2. The molecule has 1 aromatic carbocycles. The van der Waals surface area contributed by atoms with E-state index in [9.17, 15) is 14.0 Å². The molecule has 2 aliphatic rings. The van der Waals surface area contributed by atoms with E-state index in [1.165, 1.54) is 17.9 Å². The number of halogens is 1. The van der Waals surface area contributed by atoms with Gasteiger partial charge in [0.1, 0.15) is 11.9 Å². The summed E-state index contributed by atoms with van der Waals surface area (Å²) < 4.78 is 19.9. The van der Waals surface area contributed by atoms with Crippen molar-refractivity contribution in [2.45, 2.75) is 13.0 Å². The van der Waals surface area contributed by atoms with E-state index in [0.29, 0.717) is 31.0 Å². The van der Waals surface area contributed by atoms with E-state index in [2.05, 4.69) is 16.1 Å². The van der Waals surface area contributed by atoms with Crippen LogP contribution in [0, 0.1) is 18.2 Å². The number of benzene rings is 1. The highest BCUT2D eigenvalue weighted by molar-refractivity contribution is 5.90. The Kier molecular flexibility index (Phi) is 5.81. The summed E-state index contributed by atoms with van der Waals surface area (Å²) in [5.74, 6) is 2.05. The zero-order valence-electron chi connectivity index (χ0n) is 15.3. The van der Waals surface area contributed by atoms with Gasteiger partial charge in [0.25, 0.3) is 0 Å². The molecule has 1 aromatic rings. The van der Waals surface area contributed by atoms with Crippen molar-refractivity contribution in [1.82, 2.24) is 10.2 Å². The Hall–Kier alpha value is -2.79. The topological polar surface area (TPSA) is 65.1 Å². The molecule has 144 valence electrons. The minimum atomic E-state index is -0.541. The molecule has 0 radical (unpaired) electrons. The molecule has 2 saturated heterocycles. The maximum Gasteiger partial charge on any atom is 0.414 e. The van der Waals surface area contributed by atoms with Crippen LogP contribution in [-0.2, 0) is 9.53 Å². The quantitative estimate of drug-likeness (QED) is 0.781. The van der Waals surface area contributed by atoms with Gasteiger partial charge in [-0.1, -0.05) is 5.92 Å². The summed E-state index contributed by atoms with van der Waals surface area (Å²) in [7, 11) is 0. The zero-order chi connectivity index (χ0) is 19.4. The zero-order valence-corrected chi connectivity index (χ0v) is 15.3. The van der Waals surface area contributed by atoms with E-state index >= 15 is 0 Å². The molecule has 0 unspecified atom stereocenters. The molecule has 3 rings (SSSR count). The Morgan fingerprint density at radius 1 is 1.37 bits per heavy atom. The van der Waals surface area contributed by atoms with Gasteiger partial charge in [-0.05, 0) is 18.2 Å². The first-order valence-electron chi connectivity index (χ1n) is 8.91. The second-order valence-corrected chi connectivity index (χ2v) is 6.66. The van der Waals surface area contributed by atoms with Crippen molar-refractivity contribution in [2.24, 2.45) is 0 Å². The lowest BCUT2D eigenvalue weighted by atomic mass is 10.2. The SMILES string of the molecule is C#CCN1CCN(c2ccc(N3C[C@H](CNC(C)=O)OC3=O)cc2F)CC1. The van der Waals surface area contributed by atoms with Crippen molar-refractivity contribution in [1.29, 1.82) is 0 Å². The van der Waals surface area contributed by atoms with E-state index in [-0.39, 0.29) is 24.8 Å². The highest BCUT2D eigenvalue weighted by atomic mass is 19.1. The Labute approximate surface area is 158 Å². The van der Waals surface area contributed by atoms with E-state index in [1.807, 2.05) is 4.90 Å². The van der Waals surface area contributed by atoms with Crippen LogP contribution in [0.1, 0.15) is 6.92 Å². The largest absolute Gasteiger partial charge is 0.442 e. The lowest BCUT2D eigenvalue weighted by Crippen LogP contribution is -2.46. The van der Waals surface area contributed by atoms with Gasteiger partial charge in [0, 0.05) is 33.1 Å². The van der Waals surface area contributed by atoms with Crippen molar-refractivity contribution in [3.63, 3.8) is 0 Å². The number of hydrogen-bond acceptors (Lipinski definition) is 5. The Balaban J connectivity index is 1.64. The minimum Gasteiger partial charge on any atom is -0.442 e. The molecule has 0 saturated carbocycles. The standard InChI is InChI=1S/C19H23FN4O3/c1-3-6-22-7-9-23(10-8-22)18-5-4-15(11-17(18)20)24-13-16(27-19(24)26)12-21-14(2)25/h1,4-5,11,16H,6-10,12-13H2,2H3,(H,21,25)/t16-/m0/s1. The van der Waals surface area contributed by atoms with E-state index in [0.717, 1.165) is 13.1 Å². The summed E-state index contributed by atoms with van der Waals surface area (Å²) in [4.78, 5) is 28.6.